The number of nitrogens with zero attached hydrogens (tertiary/aromatic N) is 1. The zero-order valence-electron chi connectivity index (χ0n) is 7.79. The third kappa shape index (κ3) is 1.74. The molecule has 0 aliphatic carbocycles. The zero-order valence-corrected chi connectivity index (χ0v) is 15.8. The van der Waals surface area contributed by atoms with Gasteiger partial charge in [-0.3, -0.25) is 0 Å². The Balaban J connectivity index is 0.000000980. The molecule has 0 saturated heterocycles. The Labute approximate surface area is 85.7 Å². The molecule has 14 heavy (non-hydrogen) atoms. The molecule has 1 amide bonds. The Morgan fingerprint density at radius 1 is 1.36 bits per heavy atom. The average molecular weight is 506 g/mol. The first-order chi connectivity index (χ1) is 6.29. The van der Waals surface area contributed by atoms with Gasteiger partial charge in [0.2, 0.25) is 0 Å². The fraction of sp³-hybridized carbons (Fsp3) is 0.300. The molecule has 0 radical (unpaired) electrons. The van der Waals surface area contributed by atoms with E-state index in [1.165, 1.54) is 11.1 Å². The second-order valence-corrected chi connectivity index (χ2v) is 4.09. The van der Waals surface area contributed by atoms with Crippen LogP contribution in [0.15, 0.2) is 22.7 Å². The molecule has 1 aromatic rings. The standard InChI is InChI=1S/C10H9BrNO.Rf/c11-10-2-1-8-3-4-12(7-13)6-9(8)5-10;/h1-2,5H,3-4,6H2;/q-1;. The van der Waals surface area contributed by atoms with E-state index in [0.29, 0.717) is 6.54 Å². The minimum atomic E-state index is 0. The summed E-state index contributed by atoms with van der Waals surface area (Å²) in [5, 5.41) is 0. The molecule has 0 spiro atoms. The summed E-state index contributed by atoms with van der Waals surface area (Å²) in [6.45, 7) is 1.48. The number of carbonyl (C=O) groups excluding carboxylic acids is 1. The van der Waals surface area contributed by atoms with E-state index < -0.39 is 0 Å². The molecule has 0 N–H and O–H groups in total. The molecule has 0 bridgehead atoms. The van der Waals surface area contributed by atoms with Gasteiger partial charge < -0.3 is 9.69 Å². The fourth-order valence-corrected chi connectivity index (χ4v) is 2.01. The van der Waals surface area contributed by atoms with Gasteiger partial charge in [-0.2, -0.15) is 6.41 Å². The molecule has 0 aromatic heterocycles. The van der Waals surface area contributed by atoms with E-state index in [0.717, 1.165) is 17.4 Å². The van der Waals surface area contributed by atoms with Crippen molar-refractivity contribution < 1.29 is 4.79 Å². The number of fused-ring (bicyclic) bond motifs is 1. The van der Waals surface area contributed by atoms with E-state index in [1.807, 2.05) is 12.5 Å². The van der Waals surface area contributed by atoms with E-state index in [-0.39, 0.29) is 0 Å². The molecule has 2 rings (SSSR count). The molecular weight excluding hydrogens is 497 g/mol. The quantitative estimate of drug-likeness (QED) is 0.534. The van der Waals surface area contributed by atoms with E-state index in [9.17, 15) is 4.79 Å². The van der Waals surface area contributed by atoms with Gasteiger partial charge >= 0.3 is 0 Å². The number of halogens is 1. The van der Waals surface area contributed by atoms with Gasteiger partial charge in [-0.15, -0.1) is 0 Å². The number of benzene rings is 1. The Bertz CT molecular complexity index is 343. The summed E-state index contributed by atoms with van der Waals surface area (Å²) in [5.74, 6) is 0. The second-order valence-electron chi connectivity index (χ2n) is 3.18. The van der Waals surface area contributed by atoms with Gasteiger partial charge in [0.15, 0.2) is 0 Å². The molecule has 70 valence electrons. The first-order valence-electron chi connectivity index (χ1n) is 4.19. The van der Waals surface area contributed by atoms with Crippen molar-refractivity contribution >= 4 is 22.3 Å². The van der Waals surface area contributed by atoms with Crippen molar-refractivity contribution in [2.75, 3.05) is 6.54 Å². The van der Waals surface area contributed by atoms with Crippen molar-refractivity contribution in [2.24, 2.45) is 0 Å². The molecule has 0 atom stereocenters. The van der Waals surface area contributed by atoms with Gasteiger partial charge in [-0.05, 0) is 36.2 Å². The van der Waals surface area contributed by atoms with Crippen LogP contribution in [0.3, 0.4) is 0 Å². The molecule has 4 heteroatoms. The van der Waals surface area contributed by atoms with Crippen LogP contribution in [-0.2, 0) is 17.8 Å². The Hall–Kier alpha value is -1.83. The first kappa shape index (κ1) is 10.3. The molecule has 0 fully saturated rings. The van der Waals surface area contributed by atoms with Crippen molar-refractivity contribution in [3.63, 3.8) is 0 Å². The number of amides is 1. The van der Waals surface area contributed by atoms with Crippen molar-refractivity contribution in [3.8, 4) is 0 Å². The van der Waals surface area contributed by atoms with Crippen molar-refractivity contribution in [3.05, 3.63) is 33.8 Å². The maximum absolute atomic E-state index is 10.4. The van der Waals surface area contributed by atoms with E-state index >= 15 is 0 Å². The van der Waals surface area contributed by atoms with Gasteiger partial charge in [0.25, 0.3) is 0 Å². The molecule has 2 nitrogen and oxygen atoms in total. The Kier molecular flexibility index (Phi) is 2.87. The van der Waals surface area contributed by atoms with Crippen LogP contribution in [0.4, 0.5) is 0 Å². The summed E-state index contributed by atoms with van der Waals surface area (Å²) in [4.78, 5) is 12.1. The molecular formula is C10H9BrNORf-. The molecule has 0 saturated carbocycles. The van der Waals surface area contributed by atoms with Gasteiger partial charge in [-0.25, -0.2) is 0 Å². The summed E-state index contributed by atoms with van der Waals surface area (Å²) >= 11 is 3.42. The molecule has 1 heterocycles. The minimum absolute atomic E-state index is 0. The molecule has 1 aliphatic rings. The number of hydrogen-bond acceptors (Lipinski definition) is 1. The van der Waals surface area contributed by atoms with Crippen LogP contribution in [0.5, 0.6) is 0 Å². The van der Waals surface area contributed by atoms with Crippen LogP contribution in [0, 0.1) is 0 Å². The first-order valence-corrected chi connectivity index (χ1v) is 4.99. The van der Waals surface area contributed by atoms with Crippen LogP contribution < -0.4 is 0 Å². The SMILES string of the molecule is O=[C-]N1CCc2ccc(Br)cc2C1.[Rf]. The summed E-state index contributed by atoms with van der Waals surface area (Å²) in [5.41, 5.74) is 2.57. The van der Waals surface area contributed by atoms with E-state index in [2.05, 4.69) is 28.1 Å². The van der Waals surface area contributed by atoms with Crippen molar-refractivity contribution in [2.45, 2.75) is 13.0 Å². The Morgan fingerprint density at radius 3 is 2.86 bits per heavy atom. The fourth-order valence-electron chi connectivity index (χ4n) is 1.60. The topological polar surface area (TPSA) is 20.3 Å². The minimum Gasteiger partial charge on any atom is -0.520 e. The summed E-state index contributed by atoms with van der Waals surface area (Å²) in [6.07, 6.45) is 2.87. The second kappa shape index (κ2) is 3.92. The van der Waals surface area contributed by atoms with Crippen molar-refractivity contribution in [1.82, 2.24) is 4.90 Å². The monoisotopic (exact) mass is 505 g/mol. The van der Waals surface area contributed by atoms with Gasteiger partial charge in [0, 0.05) is 11.0 Å². The van der Waals surface area contributed by atoms with Crippen LogP contribution in [-0.4, -0.2) is 17.9 Å². The normalized spacial score (nSPS) is 14.2. The summed E-state index contributed by atoms with van der Waals surface area (Å²) < 4.78 is 1.07. The number of rotatable bonds is 1. The smallest absolute Gasteiger partial charge is 0.0178 e. The van der Waals surface area contributed by atoms with E-state index in [1.54, 1.807) is 4.90 Å². The summed E-state index contributed by atoms with van der Waals surface area (Å²) in [6, 6.07) is 6.22. The molecule has 0 unspecified atom stereocenters. The third-order valence-corrected chi connectivity index (χ3v) is 2.80. The van der Waals surface area contributed by atoms with Crippen LogP contribution in [0.2, 0.25) is 0 Å². The molecule has 1 aliphatic heterocycles. The Morgan fingerprint density at radius 2 is 2.14 bits per heavy atom. The average Bonchev–Trinajstić information content (AvgIpc) is 2.16. The number of hydrogen-bond donors (Lipinski definition) is 0. The maximum atomic E-state index is 10.4. The predicted octanol–water partition coefficient (Wildman–Crippen LogP) is 1.87. The van der Waals surface area contributed by atoms with Crippen LogP contribution >= 0.6 is 15.9 Å². The zero-order chi connectivity index (χ0) is 9.26. The largest absolute Gasteiger partial charge is 0.520 e. The van der Waals surface area contributed by atoms with Gasteiger partial charge in [-0.1, -0.05) is 22.0 Å². The van der Waals surface area contributed by atoms with E-state index in [4.69, 9.17) is 0 Å². The van der Waals surface area contributed by atoms with Gasteiger partial charge in [0.1, 0.15) is 0 Å². The molecule has 1 aromatic carbocycles. The van der Waals surface area contributed by atoms with Crippen LogP contribution in [0.1, 0.15) is 11.1 Å². The third-order valence-electron chi connectivity index (χ3n) is 2.31. The van der Waals surface area contributed by atoms with Gasteiger partial charge in [0.05, 0.1) is 0 Å². The predicted molar refractivity (Wildman–Crippen MR) is 53.9 cm³/mol. The maximum Gasteiger partial charge on any atom is 0.0178 e. The van der Waals surface area contributed by atoms with Crippen molar-refractivity contribution in [1.29, 1.82) is 0 Å². The summed E-state index contributed by atoms with van der Waals surface area (Å²) in [7, 11) is 0. The van der Waals surface area contributed by atoms with Crippen LogP contribution in [0.25, 0.3) is 0 Å².